The molecule has 144 valence electrons. The quantitative estimate of drug-likeness (QED) is 0.761. The van der Waals surface area contributed by atoms with E-state index in [0.717, 1.165) is 42.3 Å². The first-order chi connectivity index (χ1) is 13.0. The SMILES string of the molecule is O=C(NCC(c1ccoc1)N1CCSCC1)C(=O)Nc1ccc(F)c(F)c1. The molecular weight excluding hydrogens is 376 g/mol. The summed E-state index contributed by atoms with van der Waals surface area (Å²) in [6, 6.07) is 4.61. The Morgan fingerprint density at radius 1 is 1.15 bits per heavy atom. The number of nitrogens with one attached hydrogen (secondary N) is 2. The van der Waals surface area contributed by atoms with Crippen molar-refractivity contribution in [3.05, 3.63) is 54.0 Å². The summed E-state index contributed by atoms with van der Waals surface area (Å²) in [5.74, 6) is -1.92. The normalized spacial score (nSPS) is 15.9. The summed E-state index contributed by atoms with van der Waals surface area (Å²) in [5, 5.41) is 4.86. The van der Waals surface area contributed by atoms with Crippen molar-refractivity contribution in [1.29, 1.82) is 0 Å². The van der Waals surface area contributed by atoms with Crippen LogP contribution in [0.5, 0.6) is 0 Å². The molecule has 1 aliphatic heterocycles. The molecule has 1 aromatic heterocycles. The molecule has 0 spiro atoms. The van der Waals surface area contributed by atoms with Crippen LogP contribution in [0, 0.1) is 11.6 Å². The molecule has 0 aliphatic carbocycles. The molecule has 2 aromatic rings. The van der Waals surface area contributed by atoms with Crippen LogP contribution in [0.4, 0.5) is 14.5 Å². The van der Waals surface area contributed by atoms with Crippen LogP contribution in [0.2, 0.25) is 0 Å². The maximum atomic E-state index is 13.2. The Bertz CT molecular complexity index is 795. The molecule has 0 radical (unpaired) electrons. The molecule has 1 atom stereocenters. The van der Waals surface area contributed by atoms with Gasteiger partial charge in [0.1, 0.15) is 0 Å². The number of furan rings is 1. The Labute approximate surface area is 159 Å². The molecular formula is C18H19F2N3O3S. The first-order valence-corrected chi connectivity index (χ1v) is 9.58. The van der Waals surface area contributed by atoms with Crippen molar-refractivity contribution in [2.45, 2.75) is 6.04 Å². The molecule has 1 aromatic carbocycles. The van der Waals surface area contributed by atoms with E-state index >= 15 is 0 Å². The van der Waals surface area contributed by atoms with Crippen LogP contribution in [0.1, 0.15) is 11.6 Å². The van der Waals surface area contributed by atoms with E-state index < -0.39 is 23.4 Å². The van der Waals surface area contributed by atoms with Crippen molar-refractivity contribution >= 4 is 29.3 Å². The Morgan fingerprint density at radius 3 is 2.59 bits per heavy atom. The highest BCUT2D eigenvalue weighted by Crippen LogP contribution is 2.24. The number of hydrogen-bond donors (Lipinski definition) is 2. The third-order valence-electron chi connectivity index (χ3n) is 4.25. The molecule has 9 heteroatoms. The summed E-state index contributed by atoms with van der Waals surface area (Å²) >= 11 is 1.87. The van der Waals surface area contributed by atoms with E-state index in [9.17, 15) is 18.4 Å². The highest BCUT2D eigenvalue weighted by molar-refractivity contribution is 7.99. The van der Waals surface area contributed by atoms with E-state index in [1.165, 1.54) is 6.07 Å². The van der Waals surface area contributed by atoms with Crippen LogP contribution in [0.15, 0.2) is 41.2 Å². The minimum atomic E-state index is -1.10. The minimum Gasteiger partial charge on any atom is -0.472 e. The maximum Gasteiger partial charge on any atom is 0.313 e. The highest BCUT2D eigenvalue weighted by atomic mass is 32.2. The van der Waals surface area contributed by atoms with Gasteiger partial charge in [-0.2, -0.15) is 11.8 Å². The van der Waals surface area contributed by atoms with Gasteiger partial charge in [-0.3, -0.25) is 14.5 Å². The fraction of sp³-hybridized carbons (Fsp3) is 0.333. The zero-order valence-electron chi connectivity index (χ0n) is 14.4. The van der Waals surface area contributed by atoms with E-state index in [1.807, 2.05) is 17.8 Å². The number of anilines is 1. The molecule has 2 heterocycles. The van der Waals surface area contributed by atoms with Gasteiger partial charge in [-0.05, 0) is 18.2 Å². The lowest BCUT2D eigenvalue weighted by atomic mass is 10.1. The van der Waals surface area contributed by atoms with Crippen molar-refractivity contribution in [2.75, 3.05) is 36.5 Å². The first kappa shape index (κ1) is 19.4. The van der Waals surface area contributed by atoms with Gasteiger partial charge >= 0.3 is 11.8 Å². The van der Waals surface area contributed by atoms with Crippen molar-refractivity contribution < 1.29 is 22.8 Å². The summed E-state index contributed by atoms with van der Waals surface area (Å²) in [4.78, 5) is 26.4. The molecule has 1 fully saturated rings. The Kier molecular flexibility index (Phi) is 6.46. The average Bonchev–Trinajstić information content (AvgIpc) is 3.20. The van der Waals surface area contributed by atoms with Crippen LogP contribution >= 0.6 is 11.8 Å². The molecule has 2 N–H and O–H groups in total. The van der Waals surface area contributed by atoms with Gasteiger partial charge in [0.05, 0.1) is 18.6 Å². The number of hydrogen-bond acceptors (Lipinski definition) is 5. The van der Waals surface area contributed by atoms with Crippen molar-refractivity contribution in [1.82, 2.24) is 10.2 Å². The van der Waals surface area contributed by atoms with Crippen molar-refractivity contribution in [3.63, 3.8) is 0 Å². The van der Waals surface area contributed by atoms with Gasteiger partial charge in [0, 0.05) is 48.5 Å². The average molecular weight is 395 g/mol. The number of nitrogens with zero attached hydrogens (tertiary/aromatic N) is 1. The Hall–Kier alpha value is -2.39. The number of benzene rings is 1. The number of carbonyl (C=O) groups is 2. The lowest BCUT2D eigenvalue weighted by molar-refractivity contribution is -0.136. The molecule has 2 amide bonds. The topological polar surface area (TPSA) is 74.6 Å². The third kappa shape index (κ3) is 5.08. The number of thioether (sulfide) groups is 1. The smallest absolute Gasteiger partial charge is 0.313 e. The summed E-state index contributed by atoms with van der Waals surface area (Å²) in [6.45, 7) is 1.98. The van der Waals surface area contributed by atoms with Crippen LogP contribution < -0.4 is 10.6 Å². The standard InChI is InChI=1S/C18H19F2N3O3S/c19-14-2-1-13(9-15(14)20)22-18(25)17(24)21-10-16(12-3-6-26-11-12)23-4-7-27-8-5-23/h1-3,6,9,11,16H,4-5,7-8,10H2,(H,21,24)(H,22,25). The molecule has 27 heavy (non-hydrogen) atoms. The van der Waals surface area contributed by atoms with Gasteiger partial charge in [0.2, 0.25) is 0 Å². The van der Waals surface area contributed by atoms with Crippen LogP contribution in [0.3, 0.4) is 0 Å². The van der Waals surface area contributed by atoms with E-state index in [1.54, 1.807) is 12.5 Å². The van der Waals surface area contributed by atoms with Crippen LogP contribution in [-0.2, 0) is 9.59 Å². The van der Waals surface area contributed by atoms with Gasteiger partial charge in [-0.25, -0.2) is 8.78 Å². The second-order valence-corrected chi connectivity index (χ2v) is 7.24. The summed E-state index contributed by atoms with van der Waals surface area (Å²) < 4.78 is 31.3. The Morgan fingerprint density at radius 2 is 1.93 bits per heavy atom. The molecule has 0 saturated carbocycles. The number of amides is 2. The molecule has 6 nitrogen and oxygen atoms in total. The van der Waals surface area contributed by atoms with Crippen molar-refractivity contribution in [2.24, 2.45) is 0 Å². The summed E-state index contributed by atoms with van der Waals surface area (Å²) in [7, 11) is 0. The fourth-order valence-electron chi connectivity index (χ4n) is 2.84. The summed E-state index contributed by atoms with van der Waals surface area (Å²) in [5.41, 5.74) is 0.928. The van der Waals surface area contributed by atoms with E-state index in [4.69, 9.17) is 4.42 Å². The molecule has 1 unspecified atom stereocenters. The van der Waals surface area contributed by atoms with E-state index in [0.29, 0.717) is 0 Å². The molecule has 0 bridgehead atoms. The van der Waals surface area contributed by atoms with Gasteiger partial charge < -0.3 is 15.1 Å². The van der Waals surface area contributed by atoms with Crippen LogP contribution in [0.25, 0.3) is 0 Å². The second-order valence-electron chi connectivity index (χ2n) is 6.01. The van der Waals surface area contributed by atoms with Gasteiger partial charge in [0.15, 0.2) is 11.6 Å². The lowest BCUT2D eigenvalue weighted by Crippen LogP contribution is -2.44. The number of carbonyl (C=O) groups excluding carboxylic acids is 2. The molecule has 3 rings (SSSR count). The van der Waals surface area contributed by atoms with Gasteiger partial charge in [-0.15, -0.1) is 0 Å². The van der Waals surface area contributed by atoms with Gasteiger partial charge in [0.25, 0.3) is 0 Å². The highest BCUT2D eigenvalue weighted by Gasteiger charge is 2.25. The van der Waals surface area contributed by atoms with Crippen molar-refractivity contribution in [3.8, 4) is 0 Å². The largest absolute Gasteiger partial charge is 0.472 e. The van der Waals surface area contributed by atoms with Crippen LogP contribution in [-0.4, -0.2) is 47.9 Å². The first-order valence-electron chi connectivity index (χ1n) is 8.42. The van der Waals surface area contributed by atoms with Gasteiger partial charge in [-0.1, -0.05) is 0 Å². The predicted octanol–water partition coefficient (Wildman–Crippen LogP) is 2.40. The van der Waals surface area contributed by atoms with E-state index in [-0.39, 0.29) is 18.3 Å². The van der Waals surface area contributed by atoms with E-state index in [2.05, 4.69) is 15.5 Å². The Balaban J connectivity index is 1.59. The number of rotatable bonds is 5. The summed E-state index contributed by atoms with van der Waals surface area (Å²) in [6.07, 6.45) is 3.19. The molecule has 1 aliphatic rings. The number of halogens is 2. The molecule has 1 saturated heterocycles. The minimum absolute atomic E-state index is 0.00786. The zero-order chi connectivity index (χ0) is 19.2. The fourth-order valence-corrected chi connectivity index (χ4v) is 3.77. The lowest BCUT2D eigenvalue weighted by Gasteiger charge is -2.33. The third-order valence-corrected chi connectivity index (χ3v) is 5.20. The monoisotopic (exact) mass is 395 g/mol. The zero-order valence-corrected chi connectivity index (χ0v) is 15.2. The predicted molar refractivity (Wildman–Crippen MR) is 98.3 cm³/mol. The maximum absolute atomic E-state index is 13.2. The second kappa shape index (κ2) is 9.01.